The number of carbonyl (C=O) groups is 3. The number of hydrogen-bond acceptors (Lipinski definition) is 8. The highest BCUT2D eigenvalue weighted by molar-refractivity contribution is 5.98. The summed E-state index contributed by atoms with van der Waals surface area (Å²) in [6.45, 7) is 13.4. The Morgan fingerprint density at radius 1 is 1.23 bits per heavy atom. The van der Waals surface area contributed by atoms with Crippen LogP contribution in [0.2, 0.25) is 0 Å². The van der Waals surface area contributed by atoms with Gasteiger partial charge in [0.2, 0.25) is 11.8 Å². The van der Waals surface area contributed by atoms with Crippen LogP contribution in [0.1, 0.15) is 19.8 Å². The van der Waals surface area contributed by atoms with Crippen LogP contribution < -0.4 is 0 Å². The van der Waals surface area contributed by atoms with Crippen LogP contribution in [0.4, 0.5) is 0 Å². The summed E-state index contributed by atoms with van der Waals surface area (Å²) in [7, 11) is 0. The summed E-state index contributed by atoms with van der Waals surface area (Å²) in [4.78, 5) is 46.2. The van der Waals surface area contributed by atoms with Crippen LogP contribution in [-0.2, 0) is 28.6 Å². The molecule has 0 radical (unpaired) electrons. The third-order valence-electron chi connectivity index (χ3n) is 7.90. The zero-order valence-electron chi connectivity index (χ0n) is 20.5. The van der Waals surface area contributed by atoms with Gasteiger partial charge in [-0.1, -0.05) is 18.7 Å². The first kappa shape index (κ1) is 25.8. The van der Waals surface area contributed by atoms with E-state index in [4.69, 9.17) is 14.2 Å². The van der Waals surface area contributed by atoms with Crippen LogP contribution in [0.3, 0.4) is 0 Å². The molecule has 4 aliphatic rings. The van der Waals surface area contributed by atoms with Gasteiger partial charge in [-0.05, 0) is 19.8 Å². The van der Waals surface area contributed by atoms with Crippen molar-refractivity contribution in [3.63, 3.8) is 0 Å². The van der Waals surface area contributed by atoms with E-state index in [0.29, 0.717) is 45.7 Å². The molecular weight excluding hydrogens is 454 g/mol. The van der Waals surface area contributed by atoms with E-state index in [1.54, 1.807) is 11.0 Å². The predicted octanol–water partition coefficient (Wildman–Crippen LogP) is -0.181. The Bertz CT molecular complexity index is 860. The lowest BCUT2D eigenvalue weighted by atomic mass is 9.66. The molecule has 4 aliphatic heterocycles. The minimum atomic E-state index is -1.13. The fraction of sp³-hybridized carbons (Fsp3) is 0.720. The molecule has 4 saturated heterocycles. The number of carbonyl (C=O) groups excluding carboxylic acids is 3. The lowest BCUT2D eigenvalue weighted by Crippen LogP contribution is -2.57. The van der Waals surface area contributed by atoms with Gasteiger partial charge in [0.05, 0.1) is 31.3 Å². The fourth-order valence-electron chi connectivity index (χ4n) is 6.35. The Morgan fingerprint density at radius 2 is 1.97 bits per heavy atom. The van der Waals surface area contributed by atoms with E-state index >= 15 is 0 Å². The number of fused-ring (bicyclic) bond motifs is 1. The van der Waals surface area contributed by atoms with Gasteiger partial charge in [0.25, 0.3) is 0 Å². The van der Waals surface area contributed by atoms with E-state index in [2.05, 4.69) is 18.1 Å². The quantitative estimate of drug-likeness (QED) is 0.313. The maximum absolute atomic E-state index is 14.1. The number of hydrogen-bond donors (Lipinski definition) is 1. The Balaban J connectivity index is 1.62. The normalized spacial score (nSPS) is 34.1. The van der Waals surface area contributed by atoms with E-state index in [9.17, 15) is 19.5 Å². The van der Waals surface area contributed by atoms with Crippen LogP contribution in [0.5, 0.6) is 0 Å². The fourth-order valence-corrected chi connectivity index (χ4v) is 6.35. The molecule has 2 unspecified atom stereocenters. The summed E-state index contributed by atoms with van der Waals surface area (Å²) >= 11 is 0. The molecule has 0 saturated carbocycles. The molecule has 0 aromatic carbocycles. The molecule has 1 spiro atoms. The standard InChI is InChI=1S/C25H37N3O7/c1-4-8-27(10-9-26-12-16-33-17-13-26)22(31)20-25-7-6-24(3,35-25)19(23(32)34-15-5-2)18(25)21(30)28(20)11-14-29/h4-5,18-20,29H,1-2,6-17H2,3H3/t18-,19+,20?,24-,25?/m0/s1. The smallest absolute Gasteiger partial charge is 0.313 e. The number of ether oxygens (including phenoxy) is 3. The van der Waals surface area contributed by atoms with Crippen LogP contribution in [0.15, 0.2) is 25.3 Å². The van der Waals surface area contributed by atoms with Gasteiger partial charge in [0, 0.05) is 39.3 Å². The average Bonchev–Trinajstić information content (AvgIpc) is 3.42. The number of aliphatic hydroxyl groups is 1. The third kappa shape index (κ3) is 4.41. The number of likely N-dealkylation sites (tertiary alicyclic amines) is 1. The first-order chi connectivity index (χ1) is 16.8. The molecule has 35 heavy (non-hydrogen) atoms. The van der Waals surface area contributed by atoms with Gasteiger partial charge in [0.15, 0.2) is 0 Å². The zero-order valence-corrected chi connectivity index (χ0v) is 20.5. The summed E-state index contributed by atoms with van der Waals surface area (Å²) in [5.74, 6) is -2.74. The van der Waals surface area contributed by atoms with Crippen LogP contribution in [0.25, 0.3) is 0 Å². The number of morpholine rings is 1. The van der Waals surface area contributed by atoms with Crippen molar-refractivity contribution in [1.29, 1.82) is 0 Å². The SMILES string of the molecule is C=CCOC(=O)[C@H]1[C@H]2C(=O)N(CCO)C(C(=O)N(CC=C)CCN3CCOCC3)C23CC[C@]1(C)O3. The summed E-state index contributed by atoms with van der Waals surface area (Å²) in [6.07, 6.45) is 4.17. The molecule has 2 amide bonds. The molecule has 4 rings (SSSR count). The zero-order chi connectivity index (χ0) is 25.2. The minimum Gasteiger partial charge on any atom is -0.461 e. The largest absolute Gasteiger partial charge is 0.461 e. The van der Waals surface area contributed by atoms with Gasteiger partial charge in [-0.15, -0.1) is 6.58 Å². The van der Waals surface area contributed by atoms with Crippen molar-refractivity contribution in [2.24, 2.45) is 11.8 Å². The highest BCUT2D eigenvalue weighted by atomic mass is 16.6. The first-order valence-corrected chi connectivity index (χ1v) is 12.4. The van der Waals surface area contributed by atoms with Gasteiger partial charge < -0.3 is 29.1 Å². The van der Waals surface area contributed by atoms with Crippen molar-refractivity contribution >= 4 is 17.8 Å². The Morgan fingerprint density at radius 3 is 2.63 bits per heavy atom. The van der Waals surface area contributed by atoms with Gasteiger partial charge in [-0.3, -0.25) is 19.3 Å². The maximum atomic E-state index is 14.1. The van der Waals surface area contributed by atoms with E-state index in [0.717, 1.165) is 13.1 Å². The van der Waals surface area contributed by atoms with Crippen LogP contribution in [0, 0.1) is 11.8 Å². The third-order valence-corrected chi connectivity index (χ3v) is 7.90. The minimum absolute atomic E-state index is 0.00656. The van der Waals surface area contributed by atoms with Crippen molar-refractivity contribution in [2.45, 2.75) is 37.0 Å². The average molecular weight is 492 g/mol. The molecule has 194 valence electrons. The molecule has 0 aromatic heterocycles. The number of nitrogens with zero attached hydrogens (tertiary/aromatic N) is 3. The number of amides is 2. The van der Waals surface area contributed by atoms with Crippen molar-refractivity contribution in [3.8, 4) is 0 Å². The van der Waals surface area contributed by atoms with E-state index in [1.165, 1.54) is 11.0 Å². The molecule has 10 heteroatoms. The van der Waals surface area contributed by atoms with E-state index in [-0.39, 0.29) is 31.6 Å². The summed E-state index contributed by atoms with van der Waals surface area (Å²) in [6, 6.07) is -0.921. The number of β-amino-alcohol motifs (C(OH)–C–C–N with tert-alkyl or cyclic N) is 1. The Labute approximate surface area is 206 Å². The number of rotatable bonds is 11. The molecule has 5 atom stereocenters. The second kappa shape index (κ2) is 10.4. The van der Waals surface area contributed by atoms with Crippen molar-refractivity contribution in [1.82, 2.24) is 14.7 Å². The van der Waals surface area contributed by atoms with Gasteiger partial charge >= 0.3 is 5.97 Å². The van der Waals surface area contributed by atoms with E-state index in [1.807, 2.05) is 6.92 Å². The Kier molecular flexibility index (Phi) is 7.65. The van der Waals surface area contributed by atoms with Gasteiger partial charge in [0.1, 0.15) is 24.2 Å². The number of aliphatic hydroxyl groups excluding tert-OH is 1. The van der Waals surface area contributed by atoms with Crippen LogP contribution >= 0.6 is 0 Å². The highest BCUT2D eigenvalue weighted by Gasteiger charge is 2.78. The molecule has 0 aromatic rings. The summed E-state index contributed by atoms with van der Waals surface area (Å²) in [5.41, 5.74) is -2.02. The first-order valence-electron chi connectivity index (χ1n) is 12.4. The Hall–Kier alpha value is -2.27. The molecule has 10 nitrogen and oxygen atoms in total. The summed E-state index contributed by atoms with van der Waals surface area (Å²) < 4.78 is 17.3. The molecule has 1 N–H and O–H groups in total. The molecule has 2 bridgehead atoms. The predicted molar refractivity (Wildman–Crippen MR) is 126 cm³/mol. The van der Waals surface area contributed by atoms with Crippen molar-refractivity contribution in [3.05, 3.63) is 25.3 Å². The molecule has 4 fully saturated rings. The lowest BCUT2D eigenvalue weighted by molar-refractivity contribution is -0.159. The molecular formula is C25H37N3O7. The topological polar surface area (TPSA) is 109 Å². The second-order valence-corrected chi connectivity index (χ2v) is 9.93. The van der Waals surface area contributed by atoms with Gasteiger partial charge in [-0.2, -0.15) is 0 Å². The molecule has 0 aliphatic carbocycles. The van der Waals surface area contributed by atoms with Gasteiger partial charge in [-0.25, -0.2) is 0 Å². The molecule has 4 heterocycles. The highest BCUT2D eigenvalue weighted by Crippen LogP contribution is 2.63. The van der Waals surface area contributed by atoms with Crippen molar-refractivity contribution in [2.75, 3.05) is 65.7 Å². The maximum Gasteiger partial charge on any atom is 0.313 e. The summed E-state index contributed by atoms with van der Waals surface area (Å²) in [5, 5.41) is 9.73. The monoisotopic (exact) mass is 491 g/mol. The second-order valence-electron chi connectivity index (χ2n) is 9.93. The van der Waals surface area contributed by atoms with Crippen molar-refractivity contribution < 1.29 is 33.7 Å². The lowest BCUT2D eigenvalue weighted by Gasteiger charge is -2.37. The van der Waals surface area contributed by atoms with E-state index < -0.39 is 35.0 Å². The number of esters is 1. The van der Waals surface area contributed by atoms with Crippen LogP contribution in [-0.4, -0.2) is 121 Å².